The number of H-pyrrole nitrogens is 1. The zero-order valence-electron chi connectivity index (χ0n) is 10.3. The van der Waals surface area contributed by atoms with Gasteiger partial charge >= 0.3 is 5.56 Å². The Morgan fingerprint density at radius 2 is 1.90 bits per heavy atom. The van der Waals surface area contributed by atoms with Gasteiger partial charge in [-0.25, -0.2) is 10.1 Å². The highest BCUT2D eigenvalue weighted by Crippen LogP contribution is 2.25. The van der Waals surface area contributed by atoms with Crippen LogP contribution in [0.3, 0.4) is 0 Å². The van der Waals surface area contributed by atoms with Crippen LogP contribution < -0.4 is 5.56 Å². The van der Waals surface area contributed by atoms with Crippen molar-refractivity contribution in [3.05, 3.63) is 59.0 Å². The van der Waals surface area contributed by atoms with E-state index in [1.807, 2.05) is 42.5 Å². The van der Waals surface area contributed by atoms with Crippen molar-refractivity contribution in [1.29, 1.82) is 0 Å². The summed E-state index contributed by atoms with van der Waals surface area (Å²) in [7, 11) is 0. The lowest BCUT2D eigenvalue weighted by atomic mass is 10.1. The average molecular weight is 263 g/mol. The first-order valence-electron chi connectivity index (χ1n) is 6.15. The molecular weight excluding hydrogens is 254 g/mol. The molecule has 5 nitrogen and oxygen atoms in total. The zero-order valence-corrected chi connectivity index (χ0v) is 10.3. The van der Waals surface area contributed by atoms with Gasteiger partial charge in [-0.05, 0) is 22.9 Å². The third-order valence-electron chi connectivity index (χ3n) is 3.21. The number of hydrogen-bond donors (Lipinski definition) is 1. The van der Waals surface area contributed by atoms with Crippen LogP contribution in [0.5, 0.6) is 0 Å². The van der Waals surface area contributed by atoms with Gasteiger partial charge in [0.25, 0.3) is 0 Å². The van der Waals surface area contributed by atoms with Crippen molar-refractivity contribution in [3.63, 3.8) is 0 Å². The van der Waals surface area contributed by atoms with Gasteiger partial charge in [0.05, 0.1) is 6.20 Å². The van der Waals surface area contributed by atoms with Gasteiger partial charge in [0.2, 0.25) is 11.5 Å². The molecule has 0 unspecified atom stereocenters. The Bertz CT molecular complexity index is 985. The average Bonchev–Trinajstić information content (AvgIpc) is 2.92. The monoisotopic (exact) mass is 263 g/mol. The molecule has 0 amide bonds. The van der Waals surface area contributed by atoms with Crippen LogP contribution in [0.15, 0.2) is 57.9 Å². The number of benzene rings is 2. The standard InChI is InChI=1S/C15H9N3O2/c19-14-13-12(8-16-18-14)17-15(20-13)11-6-5-9-3-1-2-4-10(9)7-11/h1-8H,(H,18,19). The molecule has 4 rings (SSSR count). The molecule has 0 fully saturated rings. The molecule has 1 N–H and O–H groups in total. The Balaban J connectivity index is 1.96. The van der Waals surface area contributed by atoms with Crippen LogP contribution >= 0.6 is 0 Å². The summed E-state index contributed by atoms with van der Waals surface area (Å²) >= 11 is 0. The van der Waals surface area contributed by atoms with Gasteiger partial charge in [0, 0.05) is 5.56 Å². The van der Waals surface area contributed by atoms with Crippen molar-refractivity contribution in [2.75, 3.05) is 0 Å². The molecule has 4 aromatic rings. The highest BCUT2D eigenvalue weighted by molar-refractivity contribution is 5.87. The maximum absolute atomic E-state index is 11.6. The Hall–Kier alpha value is -2.95. The van der Waals surface area contributed by atoms with Crippen LogP contribution in [0.1, 0.15) is 0 Å². The molecule has 2 aromatic heterocycles. The SMILES string of the molecule is O=c1[nH]ncc2nc(-c3ccc4ccccc4c3)oc12. The van der Waals surface area contributed by atoms with Crippen molar-refractivity contribution < 1.29 is 4.42 Å². The normalized spacial score (nSPS) is 11.2. The molecule has 2 heterocycles. The third kappa shape index (κ3) is 1.60. The van der Waals surface area contributed by atoms with Crippen LogP contribution in [-0.4, -0.2) is 15.2 Å². The van der Waals surface area contributed by atoms with E-state index >= 15 is 0 Å². The molecule has 0 aliphatic heterocycles. The van der Waals surface area contributed by atoms with E-state index < -0.39 is 0 Å². The molecular formula is C15H9N3O2. The van der Waals surface area contributed by atoms with Crippen LogP contribution in [-0.2, 0) is 0 Å². The topological polar surface area (TPSA) is 71.8 Å². The number of aromatic nitrogens is 3. The summed E-state index contributed by atoms with van der Waals surface area (Å²) in [5.41, 5.74) is 1.11. The first-order valence-corrected chi connectivity index (χ1v) is 6.15. The van der Waals surface area contributed by atoms with Crippen LogP contribution in [0.4, 0.5) is 0 Å². The third-order valence-corrected chi connectivity index (χ3v) is 3.21. The lowest BCUT2D eigenvalue weighted by Gasteiger charge is -1.99. The second kappa shape index (κ2) is 4.03. The number of oxazole rings is 1. The van der Waals surface area contributed by atoms with Gasteiger partial charge < -0.3 is 4.42 Å². The molecule has 0 spiro atoms. The predicted octanol–water partition coefficient (Wildman–Crippen LogP) is 2.73. The summed E-state index contributed by atoms with van der Waals surface area (Å²) in [6.07, 6.45) is 1.48. The minimum absolute atomic E-state index is 0.197. The number of hydrogen-bond acceptors (Lipinski definition) is 4. The highest BCUT2D eigenvalue weighted by Gasteiger charge is 2.11. The van der Waals surface area contributed by atoms with E-state index in [0.717, 1.165) is 16.3 Å². The van der Waals surface area contributed by atoms with Crippen LogP contribution in [0.2, 0.25) is 0 Å². The van der Waals surface area contributed by atoms with Gasteiger partial charge in [-0.3, -0.25) is 4.79 Å². The van der Waals surface area contributed by atoms with Gasteiger partial charge in [-0.1, -0.05) is 30.3 Å². The van der Waals surface area contributed by atoms with Gasteiger partial charge in [-0.2, -0.15) is 5.10 Å². The number of nitrogens with one attached hydrogen (secondary N) is 1. The van der Waals surface area contributed by atoms with E-state index in [0.29, 0.717) is 11.4 Å². The van der Waals surface area contributed by atoms with Crippen LogP contribution in [0.25, 0.3) is 33.3 Å². The molecule has 0 aliphatic rings. The second-order valence-corrected chi connectivity index (χ2v) is 4.49. The molecule has 96 valence electrons. The maximum Gasteiger partial charge on any atom is 0.309 e. The summed E-state index contributed by atoms with van der Waals surface area (Å²) in [5.74, 6) is 0.421. The van der Waals surface area contributed by atoms with Gasteiger partial charge in [0.1, 0.15) is 5.52 Å². The lowest BCUT2D eigenvalue weighted by Crippen LogP contribution is -2.05. The summed E-state index contributed by atoms with van der Waals surface area (Å²) in [6.45, 7) is 0. The maximum atomic E-state index is 11.6. The second-order valence-electron chi connectivity index (χ2n) is 4.49. The fraction of sp³-hybridized carbons (Fsp3) is 0. The van der Waals surface area contributed by atoms with Crippen LogP contribution in [0, 0.1) is 0 Å². The Morgan fingerprint density at radius 1 is 1.05 bits per heavy atom. The van der Waals surface area contributed by atoms with E-state index in [4.69, 9.17) is 4.42 Å². The first kappa shape index (κ1) is 10.9. The molecule has 0 aliphatic carbocycles. The Kier molecular flexibility index (Phi) is 2.20. The molecule has 0 saturated carbocycles. The minimum Gasteiger partial charge on any atom is -0.430 e. The first-order chi connectivity index (χ1) is 9.81. The van der Waals surface area contributed by atoms with Crippen molar-refractivity contribution >= 4 is 21.9 Å². The van der Waals surface area contributed by atoms with Crippen molar-refractivity contribution in [3.8, 4) is 11.5 Å². The van der Waals surface area contributed by atoms with E-state index in [1.54, 1.807) is 0 Å². The number of fused-ring (bicyclic) bond motifs is 2. The number of aromatic amines is 1. The summed E-state index contributed by atoms with van der Waals surface area (Å²) in [4.78, 5) is 15.9. The Labute approximate surface area is 112 Å². The largest absolute Gasteiger partial charge is 0.430 e. The fourth-order valence-electron chi connectivity index (χ4n) is 2.23. The van der Waals surface area contributed by atoms with E-state index in [9.17, 15) is 4.79 Å². The number of rotatable bonds is 1. The number of nitrogens with zero attached hydrogens (tertiary/aromatic N) is 2. The smallest absolute Gasteiger partial charge is 0.309 e. The van der Waals surface area contributed by atoms with Gasteiger partial charge in [-0.15, -0.1) is 0 Å². The fourth-order valence-corrected chi connectivity index (χ4v) is 2.23. The van der Waals surface area contributed by atoms with E-state index in [2.05, 4.69) is 15.2 Å². The molecule has 5 heteroatoms. The van der Waals surface area contributed by atoms with E-state index in [-0.39, 0.29) is 11.1 Å². The van der Waals surface area contributed by atoms with Crippen molar-refractivity contribution in [1.82, 2.24) is 15.2 Å². The van der Waals surface area contributed by atoms with E-state index in [1.165, 1.54) is 6.20 Å². The Morgan fingerprint density at radius 3 is 2.75 bits per heavy atom. The summed E-state index contributed by atoms with van der Waals surface area (Å²) in [6, 6.07) is 14.0. The molecule has 20 heavy (non-hydrogen) atoms. The highest BCUT2D eigenvalue weighted by atomic mass is 16.4. The molecule has 2 aromatic carbocycles. The summed E-state index contributed by atoms with van der Waals surface area (Å²) in [5, 5.41) is 8.28. The van der Waals surface area contributed by atoms with Crippen molar-refractivity contribution in [2.45, 2.75) is 0 Å². The summed E-state index contributed by atoms with van der Waals surface area (Å²) < 4.78 is 5.54. The van der Waals surface area contributed by atoms with Crippen molar-refractivity contribution in [2.24, 2.45) is 0 Å². The quantitative estimate of drug-likeness (QED) is 0.573. The van der Waals surface area contributed by atoms with Gasteiger partial charge in [0.15, 0.2) is 0 Å². The predicted molar refractivity (Wildman–Crippen MR) is 75.4 cm³/mol. The zero-order chi connectivity index (χ0) is 13.5. The minimum atomic E-state index is -0.373. The molecule has 0 saturated heterocycles. The molecule has 0 bridgehead atoms. The lowest BCUT2D eigenvalue weighted by molar-refractivity contribution is 0.613. The molecule has 0 atom stereocenters. The molecule has 0 radical (unpaired) electrons.